The first-order valence-corrected chi connectivity index (χ1v) is 4.57. The summed E-state index contributed by atoms with van der Waals surface area (Å²) in [5.74, 6) is 0.944. The molecule has 0 aliphatic rings. The fraction of sp³-hybridized carbons (Fsp3) is 0.333. The van der Waals surface area contributed by atoms with Crippen LogP contribution in [-0.2, 0) is 0 Å². The second-order valence-electron chi connectivity index (χ2n) is 3.40. The lowest BCUT2D eigenvalue weighted by Gasteiger charge is -2.02. The third-order valence-electron chi connectivity index (χ3n) is 2.00. The van der Waals surface area contributed by atoms with Crippen LogP contribution in [0, 0.1) is 6.92 Å². The highest BCUT2D eigenvalue weighted by molar-refractivity contribution is 5.99. The molecular weight excluding hydrogens is 194 g/mol. The first kappa shape index (κ1) is 9.72. The van der Waals surface area contributed by atoms with Crippen LogP contribution in [0.15, 0.2) is 12.4 Å². The number of carbonyl (C=O) groups excluding carboxylic acids is 1. The van der Waals surface area contributed by atoms with E-state index in [0.717, 1.165) is 0 Å². The Balaban J connectivity index is 2.51. The van der Waals surface area contributed by atoms with E-state index >= 15 is 0 Å². The average molecular weight is 205 g/mol. The Morgan fingerprint density at radius 3 is 3.00 bits per heavy atom. The molecule has 78 valence electrons. The van der Waals surface area contributed by atoms with Crippen molar-refractivity contribution < 1.29 is 4.79 Å². The second-order valence-corrected chi connectivity index (χ2v) is 3.40. The van der Waals surface area contributed by atoms with Crippen molar-refractivity contribution in [2.75, 3.05) is 0 Å². The molecule has 0 radical (unpaired) electrons. The number of rotatable bonds is 2. The van der Waals surface area contributed by atoms with Crippen molar-refractivity contribution in [1.29, 1.82) is 0 Å². The van der Waals surface area contributed by atoms with Crippen LogP contribution in [0.1, 0.15) is 23.1 Å². The first-order valence-electron chi connectivity index (χ1n) is 4.57. The zero-order valence-electron chi connectivity index (χ0n) is 8.51. The molecule has 2 N–H and O–H groups in total. The predicted molar refractivity (Wildman–Crippen MR) is 53.5 cm³/mol. The van der Waals surface area contributed by atoms with Gasteiger partial charge in [-0.05, 0) is 13.8 Å². The summed E-state index contributed by atoms with van der Waals surface area (Å²) in [6.07, 6.45) is 3.06. The largest absolute Gasteiger partial charge is 0.321 e. The Labute approximate surface area is 86.1 Å². The topological polar surface area (TPSA) is 86.2 Å². The van der Waals surface area contributed by atoms with Gasteiger partial charge < -0.3 is 5.73 Å². The molecule has 0 saturated carbocycles. The van der Waals surface area contributed by atoms with Gasteiger partial charge in [0.15, 0.2) is 5.78 Å². The van der Waals surface area contributed by atoms with Crippen molar-refractivity contribution in [1.82, 2.24) is 19.6 Å². The van der Waals surface area contributed by atoms with Gasteiger partial charge in [0.25, 0.3) is 5.78 Å². The van der Waals surface area contributed by atoms with E-state index in [2.05, 4.69) is 15.1 Å². The fourth-order valence-electron chi connectivity index (χ4n) is 1.28. The number of nitrogens with two attached hydrogens (primary N) is 1. The van der Waals surface area contributed by atoms with Gasteiger partial charge in [0.05, 0.1) is 11.6 Å². The SMILES string of the molecule is Cc1nc2ncc(C(=O)C(C)N)cn2n1. The van der Waals surface area contributed by atoms with E-state index < -0.39 is 6.04 Å². The molecule has 0 aliphatic heterocycles. The number of Topliss-reactive ketones (excluding diaryl/α,β-unsaturated/α-hetero) is 1. The predicted octanol–water partition coefficient (Wildman–Crippen LogP) is -0.0374. The molecule has 0 bridgehead atoms. The Morgan fingerprint density at radius 1 is 1.60 bits per heavy atom. The van der Waals surface area contributed by atoms with Gasteiger partial charge in [0.2, 0.25) is 0 Å². The van der Waals surface area contributed by atoms with E-state index in [9.17, 15) is 4.79 Å². The summed E-state index contributed by atoms with van der Waals surface area (Å²) >= 11 is 0. The number of hydrogen-bond donors (Lipinski definition) is 1. The van der Waals surface area contributed by atoms with Gasteiger partial charge >= 0.3 is 0 Å². The molecule has 1 unspecified atom stereocenters. The third-order valence-corrected chi connectivity index (χ3v) is 2.00. The normalized spacial score (nSPS) is 13.0. The van der Waals surface area contributed by atoms with Gasteiger partial charge in [0.1, 0.15) is 5.82 Å². The minimum absolute atomic E-state index is 0.155. The standard InChI is InChI=1S/C9H11N5O/c1-5(10)8(15)7-3-11-9-12-6(2)13-14(9)4-7/h3-5H,10H2,1-2H3. The van der Waals surface area contributed by atoms with Gasteiger partial charge in [-0.25, -0.2) is 9.50 Å². The summed E-state index contributed by atoms with van der Waals surface area (Å²) in [5.41, 5.74) is 5.94. The molecule has 0 amide bonds. The zero-order valence-corrected chi connectivity index (χ0v) is 8.51. The number of ketones is 1. The number of aromatic nitrogens is 4. The van der Waals surface area contributed by atoms with Crippen LogP contribution in [0.25, 0.3) is 5.78 Å². The highest BCUT2D eigenvalue weighted by atomic mass is 16.1. The Bertz CT molecular complexity index is 516. The van der Waals surface area contributed by atoms with E-state index in [4.69, 9.17) is 5.73 Å². The Hall–Kier alpha value is -1.82. The number of nitrogens with zero attached hydrogens (tertiary/aromatic N) is 4. The van der Waals surface area contributed by atoms with Crippen molar-refractivity contribution in [3.05, 3.63) is 23.8 Å². The van der Waals surface area contributed by atoms with Crippen LogP contribution in [0.3, 0.4) is 0 Å². The average Bonchev–Trinajstić information content (AvgIpc) is 2.55. The molecule has 2 aromatic heterocycles. The summed E-state index contributed by atoms with van der Waals surface area (Å²) in [7, 11) is 0. The molecule has 15 heavy (non-hydrogen) atoms. The van der Waals surface area contributed by atoms with Crippen molar-refractivity contribution in [2.45, 2.75) is 19.9 Å². The van der Waals surface area contributed by atoms with Crippen LogP contribution in [-0.4, -0.2) is 31.4 Å². The lowest BCUT2D eigenvalue weighted by atomic mass is 10.1. The number of carbonyl (C=O) groups is 1. The van der Waals surface area contributed by atoms with Crippen LogP contribution in [0.2, 0.25) is 0 Å². The minimum atomic E-state index is -0.533. The molecular formula is C9H11N5O. The van der Waals surface area contributed by atoms with Gasteiger partial charge in [-0.2, -0.15) is 10.1 Å². The molecule has 2 heterocycles. The summed E-state index contributed by atoms with van der Waals surface area (Å²) in [5, 5.41) is 4.07. The molecule has 6 heteroatoms. The molecule has 1 atom stereocenters. The van der Waals surface area contributed by atoms with Gasteiger partial charge in [-0.15, -0.1) is 0 Å². The van der Waals surface area contributed by atoms with Gasteiger partial charge in [0, 0.05) is 12.4 Å². The van der Waals surface area contributed by atoms with Gasteiger partial charge in [-0.3, -0.25) is 4.79 Å². The highest BCUT2D eigenvalue weighted by Gasteiger charge is 2.12. The van der Waals surface area contributed by atoms with E-state index in [1.54, 1.807) is 20.0 Å². The Morgan fingerprint density at radius 2 is 2.33 bits per heavy atom. The van der Waals surface area contributed by atoms with Crippen molar-refractivity contribution in [3.63, 3.8) is 0 Å². The van der Waals surface area contributed by atoms with Crippen molar-refractivity contribution in [3.8, 4) is 0 Å². The molecule has 0 aliphatic carbocycles. The van der Waals surface area contributed by atoms with E-state index in [-0.39, 0.29) is 5.78 Å². The van der Waals surface area contributed by atoms with Crippen LogP contribution in [0.5, 0.6) is 0 Å². The number of fused-ring (bicyclic) bond motifs is 1. The maximum absolute atomic E-state index is 11.6. The monoisotopic (exact) mass is 205 g/mol. The molecule has 0 spiro atoms. The van der Waals surface area contributed by atoms with E-state index in [1.165, 1.54) is 10.7 Å². The summed E-state index contributed by atoms with van der Waals surface area (Å²) < 4.78 is 1.48. The Kier molecular flexibility index (Phi) is 2.20. The lowest BCUT2D eigenvalue weighted by Crippen LogP contribution is -2.27. The van der Waals surface area contributed by atoms with Crippen LogP contribution in [0.4, 0.5) is 0 Å². The van der Waals surface area contributed by atoms with Crippen molar-refractivity contribution >= 4 is 11.6 Å². The smallest absolute Gasteiger partial charge is 0.252 e. The van der Waals surface area contributed by atoms with Crippen molar-refractivity contribution in [2.24, 2.45) is 5.73 Å². The lowest BCUT2D eigenvalue weighted by molar-refractivity contribution is 0.0967. The molecule has 6 nitrogen and oxygen atoms in total. The third kappa shape index (κ3) is 1.71. The number of hydrogen-bond acceptors (Lipinski definition) is 5. The van der Waals surface area contributed by atoms with Gasteiger partial charge in [-0.1, -0.05) is 0 Å². The van der Waals surface area contributed by atoms with E-state index in [0.29, 0.717) is 17.2 Å². The fourth-order valence-corrected chi connectivity index (χ4v) is 1.28. The minimum Gasteiger partial charge on any atom is -0.321 e. The molecule has 2 rings (SSSR count). The van der Waals surface area contributed by atoms with Crippen LogP contribution >= 0.6 is 0 Å². The zero-order chi connectivity index (χ0) is 11.0. The summed E-state index contributed by atoms with van der Waals surface area (Å²) in [6, 6.07) is -0.533. The van der Waals surface area contributed by atoms with E-state index in [1.807, 2.05) is 0 Å². The molecule has 2 aromatic rings. The summed E-state index contributed by atoms with van der Waals surface area (Å²) in [4.78, 5) is 19.6. The maximum Gasteiger partial charge on any atom is 0.252 e. The second kappa shape index (κ2) is 3.39. The summed E-state index contributed by atoms with van der Waals surface area (Å²) in [6.45, 7) is 3.40. The first-order chi connectivity index (χ1) is 7.08. The molecule has 0 saturated heterocycles. The number of aryl methyl sites for hydroxylation is 1. The van der Waals surface area contributed by atoms with Crippen LogP contribution < -0.4 is 5.73 Å². The quantitative estimate of drug-likeness (QED) is 0.695. The molecule has 0 fully saturated rings. The highest BCUT2D eigenvalue weighted by Crippen LogP contribution is 2.03. The maximum atomic E-state index is 11.6. The molecule has 0 aromatic carbocycles.